The van der Waals surface area contributed by atoms with Gasteiger partial charge in [0.15, 0.2) is 0 Å². The largest absolute Gasteiger partial charge is 0.466 e. The molecule has 1 unspecified atom stereocenters. The molecule has 2 rings (SSSR count). The minimum absolute atomic E-state index is 0.0155. The van der Waals surface area contributed by atoms with Crippen LogP contribution in [0.15, 0.2) is 39.4 Å². The first-order valence-electron chi connectivity index (χ1n) is 6.35. The third-order valence-corrected chi connectivity index (χ3v) is 3.78. The van der Waals surface area contributed by atoms with E-state index in [0.29, 0.717) is 0 Å². The molecule has 4 heteroatoms. The van der Waals surface area contributed by atoms with E-state index in [2.05, 4.69) is 34.2 Å². The molecule has 1 aromatic heterocycles. The Balaban J connectivity index is 2.39. The van der Waals surface area contributed by atoms with Crippen LogP contribution in [0.4, 0.5) is 0 Å². The van der Waals surface area contributed by atoms with Crippen molar-refractivity contribution in [2.75, 3.05) is 6.54 Å². The molecular formula is C15H17BrClNO. The summed E-state index contributed by atoms with van der Waals surface area (Å²) in [7, 11) is 0. The van der Waals surface area contributed by atoms with E-state index >= 15 is 0 Å². The molecule has 2 nitrogen and oxygen atoms in total. The van der Waals surface area contributed by atoms with Crippen LogP contribution in [0.25, 0.3) is 0 Å². The Morgan fingerprint density at radius 1 is 1.37 bits per heavy atom. The van der Waals surface area contributed by atoms with Crippen molar-refractivity contribution in [3.8, 4) is 0 Å². The lowest BCUT2D eigenvalue weighted by Crippen LogP contribution is -2.23. The summed E-state index contributed by atoms with van der Waals surface area (Å²) in [6.45, 7) is 5.11. The first kappa shape index (κ1) is 14.6. The van der Waals surface area contributed by atoms with E-state index in [-0.39, 0.29) is 6.04 Å². The Morgan fingerprint density at radius 2 is 2.16 bits per heavy atom. The summed E-state index contributed by atoms with van der Waals surface area (Å²) in [5, 5.41) is 4.25. The van der Waals surface area contributed by atoms with Gasteiger partial charge < -0.3 is 9.73 Å². The summed E-state index contributed by atoms with van der Waals surface area (Å²) in [6.07, 6.45) is 2.76. The number of aryl methyl sites for hydroxylation is 1. The van der Waals surface area contributed by atoms with Crippen molar-refractivity contribution in [2.45, 2.75) is 26.3 Å². The number of hydrogen-bond donors (Lipinski definition) is 1. The summed E-state index contributed by atoms with van der Waals surface area (Å²) in [6, 6.07) is 8.00. The lowest BCUT2D eigenvalue weighted by Gasteiger charge is -2.18. The summed E-state index contributed by atoms with van der Waals surface area (Å²) in [5.74, 6) is 0.884. The highest BCUT2D eigenvalue weighted by atomic mass is 79.9. The fraction of sp³-hybridized carbons (Fsp3) is 0.333. The fourth-order valence-electron chi connectivity index (χ4n) is 2.09. The quantitative estimate of drug-likeness (QED) is 0.818. The molecule has 0 aliphatic heterocycles. The molecule has 0 aliphatic carbocycles. The van der Waals surface area contributed by atoms with Gasteiger partial charge in [-0.3, -0.25) is 0 Å². The molecule has 0 spiro atoms. The summed E-state index contributed by atoms with van der Waals surface area (Å²) in [5.41, 5.74) is 2.27. The fourth-order valence-corrected chi connectivity index (χ4v) is 2.82. The van der Waals surface area contributed by atoms with E-state index in [4.69, 9.17) is 16.0 Å². The maximum absolute atomic E-state index is 6.16. The average molecular weight is 343 g/mol. The minimum atomic E-state index is 0.0155. The van der Waals surface area contributed by atoms with Crippen molar-refractivity contribution < 1.29 is 4.42 Å². The minimum Gasteiger partial charge on any atom is -0.466 e. The van der Waals surface area contributed by atoms with Crippen molar-refractivity contribution in [1.29, 1.82) is 0 Å². The lowest BCUT2D eigenvalue weighted by atomic mass is 10.0. The van der Waals surface area contributed by atoms with Crippen molar-refractivity contribution in [3.63, 3.8) is 0 Å². The van der Waals surface area contributed by atoms with Crippen LogP contribution in [-0.2, 0) is 0 Å². The Labute approximate surface area is 127 Å². The zero-order chi connectivity index (χ0) is 13.8. The summed E-state index contributed by atoms with van der Waals surface area (Å²) >= 11 is 9.69. The van der Waals surface area contributed by atoms with Gasteiger partial charge in [-0.1, -0.05) is 24.6 Å². The average Bonchev–Trinajstić information content (AvgIpc) is 2.75. The van der Waals surface area contributed by atoms with Gasteiger partial charge in [-0.15, -0.1) is 0 Å². The number of hydrogen-bond acceptors (Lipinski definition) is 2. The van der Waals surface area contributed by atoms with Gasteiger partial charge in [-0.25, -0.2) is 0 Å². The van der Waals surface area contributed by atoms with E-state index in [0.717, 1.165) is 39.3 Å². The van der Waals surface area contributed by atoms with Gasteiger partial charge in [-0.05, 0) is 65.1 Å². The first-order chi connectivity index (χ1) is 9.11. The molecule has 1 heterocycles. The Kier molecular flexibility index (Phi) is 5.08. The number of furan rings is 1. The SMILES string of the molecule is CCCNC(c1cc(C)cc(Cl)c1)c1occc1Br. The lowest BCUT2D eigenvalue weighted by molar-refractivity contribution is 0.444. The van der Waals surface area contributed by atoms with Crippen LogP contribution < -0.4 is 5.32 Å². The van der Waals surface area contributed by atoms with Gasteiger partial charge in [-0.2, -0.15) is 0 Å². The number of rotatable bonds is 5. The monoisotopic (exact) mass is 341 g/mol. The number of nitrogens with one attached hydrogen (secondary N) is 1. The highest BCUT2D eigenvalue weighted by Crippen LogP contribution is 2.31. The maximum atomic E-state index is 6.16. The van der Waals surface area contributed by atoms with E-state index in [1.807, 2.05) is 25.1 Å². The standard InChI is InChI=1S/C15H17BrClNO/c1-3-5-18-14(15-13(16)4-6-19-15)11-7-10(2)8-12(17)9-11/h4,6-9,14,18H,3,5H2,1-2H3. The maximum Gasteiger partial charge on any atom is 0.139 e. The normalized spacial score (nSPS) is 12.6. The molecule has 0 radical (unpaired) electrons. The summed E-state index contributed by atoms with van der Waals surface area (Å²) in [4.78, 5) is 0. The predicted octanol–water partition coefficient (Wildman–Crippen LogP) is 5.09. The van der Waals surface area contributed by atoms with Crippen LogP contribution in [0.3, 0.4) is 0 Å². The zero-order valence-corrected chi connectivity index (χ0v) is 13.4. The van der Waals surface area contributed by atoms with Gasteiger partial charge >= 0.3 is 0 Å². The molecule has 0 fully saturated rings. The van der Waals surface area contributed by atoms with Gasteiger partial charge in [0, 0.05) is 5.02 Å². The van der Waals surface area contributed by atoms with Crippen LogP contribution in [-0.4, -0.2) is 6.54 Å². The number of benzene rings is 1. The molecule has 1 aromatic carbocycles. The molecule has 2 aromatic rings. The van der Waals surface area contributed by atoms with Crippen LogP contribution in [0.1, 0.15) is 36.3 Å². The Morgan fingerprint density at radius 3 is 2.74 bits per heavy atom. The molecule has 0 amide bonds. The topological polar surface area (TPSA) is 25.2 Å². The Hall–Kier alpha value is -0.770. The van der Waals surface area contributed by atoms with E-state index in [1.54, 1.807) is 6.26 Å². The van der Waals surface area contributed by atoms with Crippen LogP contribution in [0, 0.1) is 6.92 Å². The highest BCUT2D eigenvalue weighted by Gasteiger charge is 2.20. The molecule has 1 atom stereocenters. The summed E-state index contributed by atoms with van der Waals surface area (Å²) < 4.78 is 6.58. The molecule has 0 saturated heterocycles. The second-order valence-electron chi connectivity index (χ2n) is 4.58. The van der Waals surface area contributed by atoms with Crippen LogP contribution >= 0.6 is 27.5 Å². The van der Waals surface area contributed by atoms with Crippen molar-refractivity contribution >= 4 is 27.5 Å². The predicted molar refractivity (Wildman–Crippen MR) is 82.7 cm³/mol. The smallest absolute Gasteiger partial charge is 0.139 e. The van der Waals surface area contributed by atoms with Crippen molar-refractivity contribution in [1.82, 2.24) is 5.32 Å². The molecule has 19 heavy (non-hydrogen) atoms. The van der Waals surface area contributed by atoms with E-state index < -0.39 is 0 Å². The van der Waals surface area contributed by atoms with Gasteiger partial charge in [0.2, 0.25) is 0 Å². The van der Waals surface area contributed by atoms with Crippen molar-refractivity contribution in [2.24, 2.45) is 0 Å². The zero-order valence-electron chi connectivity index (χ0n) is 11.0. The number of halogens is 2. The third kappa shape index (κ3) is 3.62. The molecular weight excluding hydrogens is 326 g/mol. The molecule has 0 bridgehead atoms. The first-order valence-corrected chi connectivity index (χ1v) is 7.52. The molecule has 0 saturated carbocycles. The molecule has 0 aliphatic rings. The second-order valence-corrected chi connectivity index (χ2v) is 5.87. The van der Waals surface area contributed by atoms with Gasteiger partial charge in [0.1, 0.15) is 5.76 Å². The highest BCUT2D eigenvalue weighted by molar-refractivity contribution is 9.10. The van der Waals surface area contributed by atoms with Gasteiger partial charge in [0.25, 0.3) is 0 Å². The van der Waals surface area contributed by atoms with Crippen molar-refractivity contribution in [3.05, 3.63) is 56.9 Å². The molecule has 1 N–H and O–H groups in total. The van der Waals surface area contributed by atoms with E-state index in [9.17, 15) is 0 Å². The third-order valence-electron chi connectivity index (χ3n) is 2.90. The van der Waals surface area contributed by atoms with Crippen LogP contribution in [0.2, 0.25) is 5.02 Å². The van der Waals surface area contributed by atoms with E-state index in [1.165, 1.54) is 0 Å². The molecule has 102 valence electrons. The Bertz CT molecular complexity index is 533. The van der Waals surface area contributed by atoms with Gasteiger partial charge in [0.05, 0.1) is 16.8 Å². The van der Waals surface area contributed by atoms with Crippen LogP contribution in [0.5, 0.6) is 0 Å². The second kappa shape index (κ2) is 6.60.